The van der Waals surface area contributed by atoms with E-state index < -0.39 is 17.8 Å². The molecular weight excluding hydrogens is 396 g/mol. The maximum atomic E-state index is 12.5. The molecule has 1 aliphatic rings. The van der Waals surface area contributed by atoms with E-state index in [0.29, 0.717) is 17.8 Å². The molecule has 1 atom stereocenters. The molecule has 1 unspecified atom stereocenters. The zero-order chi connectivity index (χ0) is 22.2. The van der Waals surface area contributed by atoms with Gasteiger partial charge in [0.15, 0.2) is 0 Å². The van der Waals surface area contributed by atoms with Crippen LogP contribution in [0.2, 0.25) is 0 Å². The Morgan fingerprint density at radius 2 is 1.68 bits per heavy atom. The first-order valence-corrected chi connectivity index (χ1v) is 10.6. The molecule has 0 bridgehead atoms. The molecule has 1 aliphatic heterocycles. The summed E-state index contributed by atoms with van der Waals surface area (Å²) < 4.78 is 6.71. The van der Waals surface area contributed by atoms with Crippen molar-refractivity contribution in [2.75, 3.05) is 32.1 Å². The molecule has 166 valence electrons. The summed E-state index contributed by atoms with van der Waals surface area (Å²) in [6, 6.07) is 10.2. The molecule has 1 fully saturated rings. The number of amides is 2. The number of carbonyl (C=O) groups excluding carboxylic acids is 3. The summed E-state index contributed by atoms with van der Waals surface area (Å²) in [5.41, 5.74) is 1.91. The van der Waals surface area contributed by atoms with Crippen molar-refractivity contribution in [1.29, 1.82) is 0 Å². The van der Waals surface area contributed by atoms with Crippen LogP contribution < -0.4 is 10.6 Å². The first-order chi connectivity index (χ1) is 15.0. The van der Waals surface area contributed by atoms with Gasteiger partial charge in [-0.25, -0.2) is 4.79 Å². The second kappa shape index (κ2) is 10.8. The first-order valence-electron chi connectivity index (χ1n) is 10.6. The van der Waals surface area contributed by atoms with Crippen LogP contribution in [0.25, 0.3) is 0 Å². The van der Waals surface area contributed by atoms with Gasteiger partial charge in [-0.3, -0.25) is 14.5 Å². The Bertz CT molecular complexity index is 899. The highest BCUT2D eigenvalue weighted by atomic mass is 16.5. The van der Waals surface area contributed by atoms with Gasteiger partial charge in [-0.05, 0) is 62.3 Å². The van der Waals surface area contributed by atoms with E-state index in [2.05, 4.69) is 30.9 Å². The van der Waals surface area contributed by atoms with E-state index in [4.69, 9.17) is 0 Å². The average Bonchev–Trinajstić information content (AvgIpc) is 3.02. The largest absolute Gasteiger partial charge is 0.465 e. The summed E-state index contributed by atoms with van der Waals surface area (Å²) >= 11 is 0. The molecule has 2 N–H and O–H groups in total. The van der Waals surface area contributed by atoms with Crippen LogP contribution in [-0.2, 0) is 21.4 Å². The third-order valence-corrected chi connectivity index (χ3v) is 5.63. The van der Waals surface area contributed by atoms with Crippen LogP contribution in [0, 0.1) is 0 Å². The molecule has 1 aromatic carbocycles. The smallest absolute Gasteiger partial charge is 0.337 e. The number of hydrogen-bond donors (Lipinski definition) is 2. The quantitative estimate of drug-likeness (QED) is 0.547. The molecule has 0 saturated carbocycles. The van der Waals surface area contributed by atoms with Crippen LogP contribution in [0.4, 0.5) is 5.69 Å². The second-order valence-electron chi connectivity index (χ2n) is 7.74. The van der Waals surface area contributed by atoms with Gasteiger partial charge in [0.1, 0.15) is 0 Å². The molecule has 31 heavy (non-hydrogen) atoms. The van der Waals surface area contributed by atoms with Crippen molar-refractivity contribution in [3.8, 4) is 0 Å². The van der Waals surface area contributed by atoms with E-state index >= 15 is 0 Å². The Kier molecular flexibility index (Phi) is 7.83. The van der Waals surface area contributed by atoms with Gasteiger partial charge in [-0.1, -0.05) is 12.8 Å². The van der Waals surface area contributed by atoms with Gasteiger partial charge in [0.2, 0.25) is 0 Å². The zero-order valence-electron chi connectivity index (χ0n) is 18.1. The van der Waals surface area contributed by atoms with Crippen LogP contribution in [0.3, 0.4) is 0 Å². The fraction of sp³-hybridized carbons (Fsp3) is 0.435. The third-order valence-electron chi connectivity index (χ3n) is 5.63. The van der Waals surface area contributed by atoms with Crippen molar-refractivity contribution in [1.82, 2.24) is 14.8 Å². The molecule has 8 nitrogen and oxygen atoms in total. The fourth-order valence-electron chi connectivity index (χ4n) is 3.91. The highest BCUT2D eigenvalue weighted by Gasteiger charge is 2.25. The van der Waals surface area contributed by atoms with Crippen LogP contribution in [0.5, 0.6) is 0 Å². The lowest BCUT2D eigenvalue weighted by Gasteiger charge is -2.31. The SMILES string of the molecule is COC(=O)c1ccc(NC(=O)C(=O)NCC(c2cccn2C)N2CCCCCC2)cc1. The van der Waals surface area contributed by atoms with Crippen LogP contribution >= 0.6 is 0 Å². The Morgan fingerprint density at radius 1 is 1.00 bits per heavy atom. The van der Waals surface area contributed by atoms with Gasteiger partial charge in [0.25, 0.3) is 0 Å². The van der Waals surface area contributed by atoms with Crippen molar-refractivity contribution in [2.45, 2.75) is 31.7 Å². The molecular formula is C23H30N4O4. The fourth-order valence-corrected chi connectivity index (χ4v) is 3.91. The predicted octanol–water partition coefficient (Wildman–Crippen LogP) is 2.48. The van der Waals surface area contributed by atoms with E-state index in [9.17, 15) is 14.4 Å². The van der Waals surface area contributed by atoms with Gasteiger partial charge < -0.3 is 19.9 Å². The molecule has 8 heteroatoms. The third kappa shape index (κ3) is 5.95. The van der Waals surface area contributed by atoms with E-state index in [1.54, 1.807) is 12.1 Å². The van der Waals surface area contributed by atoms with E-state index in [1.807, 2.05) is 19.3 Å². The molecule has 2 heterocycles. The molecule has 3 rings (SSSR count). The lowest BCUT2D eigenvalue weighted by atomic mass is 10.1. The summed E-state index contributed by atoms with van der Waals surface area (Å²) in [6.45, 7) is 2.31. The molecule has 0 radical (unpaired) electrons. The maximum absolute atomic E-state index is 12.5. The Morgan fingerprint density at radius 3 is 2.26 bits per heavy atom. The van der Waals surface area contributed by atoms with Gasteiger partial charge in [0, 0.05) is 31.2 Å². The number of methoxy groups -OCH3 is 1. The highest BCUT2D eigenvalue weighted by molar-refractivity contribution is 6.39. The number of rotatable bonds is 6. The number of likely N-dealkylation sites (tertiary alicyclic amines) is 1. The topological polar surface area (TPSA) is 92.7 Å². The lowest BCUT2D eigenvalue weighted by molar-refractivity contribution is -0.136. The monoisotopic (exact) mass is 426 g/mol. The number of hydrogen-bond acceptors (Lipinski definition) is 5. The van der Waals surface area contributed by atoms with Gasteiger partial charge in [-0.15, -0.1) is 0 Å². The van der Waals surface area contributed by atoms with Crippen LogP contribution in [0.1, 0.15) is 47.8 Å². The van der Waals surface area contributed by atoms with E-state index in [-0.39, 0.29) is 6.04 Å². The van der Waals surface area contributed by atoms with Crippen molar-refractivity contribution >= 4 is 23.5 Å². The number of nitrogens with zero attached hydrogens (tertiary/aromatic N) is 2. The first kappa shape index (κ1) is 22.6. The average molecular weight is 427 g/mol. The second-order valence-corrected chi connectivity index (χ2v) is 7.74. The lowest BCUT2D eigenvalue weighted by Crippen LogP contribution is -2.42. The molecule has 2 amide bonds. The number of aryl methyl sites for hydroxylation is 1. The number of carbonyl (C=O) groups is 3. The number of nitrogens with one attached hydrogen (secondary N) is 2. The minimum Gasteiger partial charge on any atom is -0.465 e. The van der Waals surface area contributed by atoms with Gasteiger partial charge in [-0.2, -0.15) is 0 Å². The van der Waals surface area contributed by atoms with Crippen molar-refractivity contribution in [3.05, 3.63) is 53.9 Å². The molecule has 1 saturated heterocycles. The number of benzene rings is 1. The normalized spacial score (nSPS) is 15.5. The molecule has 0 spiro atoms. The van der Waals surface area contributed by atoms with E-state index in [1.165, 1.54) is 32.1 Å². The number of esters is 1. The summed E-state index contributed by atoms with van der Waals surface area (Å²) in [6.07, 6.45) is 6.71. The standard InChI is InChI=1S/C23H30N4O4/c1-26-13-7-8-19(26)20(27-14-5-3-4-6-15-27)16-24-21(28)22(29)25-18-11-9-17(10-12-18)23(30)31-2/h7-13,20H,3-6,14-16H2,1-2H3,(H,24,28)(H,25,29). The Hall–Kier alpha value is -3.13. The number of anilines is 1. The van der Waals surface area contributed by atoms with Crippen LogP contribution in [-0.4, -0.2) is 54.0 Å². The Labute approximate surface area is 182 Å². The number of ether oxygens (including phenoxy) is 1. The summed E-state index contributed by atoms with van der Waals surface area (Å²) in [5.74, 6) is -1.89. The highest BCUT2D eigenvalue weighted by Crippen LogP contribution is 2.24. The summed E-state index contributed by atoms with van der Waals surface area (Å²) in [7, 11) is 3.30. The van der Waals surface area contributed by atoms with Crippen molar-refractivity contribution in [3.63, 3.8) is 0 Å². The van der Waals surface area contributed by atoms with Gasteiger partial charge in [0.05, 0.1) is 18.7 Å². The Balaban J connectivity index is 1.61. The summed E-state index contributed by atoms with van der Waals surface area (Å²) in [4.78, 5) is 38.7. The number of aromatic nitrogens is 1. The molecule has 0 aliphatic carbocycles. The van der Waals surface area contributed by atoms with Crippen molar-refractivity contribution in [2.24, 2.45) is 7.05 Å². The summed E-state index contributed by atoms with van der Waals surface area (Å²) in [5, 5.41) is 5.36. The predicted molar refractivity (Wildman–Crippen MR) is 118 cm³/mol. The zero-order valence-corrected chi connectivity index (χ0v) is 18.1. The van der Waals surface area contributed by atoms with Crippen molar-refractivity contribution < 1.29 is 19.1 Å². The molecule has 2 aromatic rings. The minimum atomic E-state index is -0.743. The molecule has 1 aromatic heterocycles. The minimum absolute atomic E-state index is 0.00851. The van der Waals surface area contributed by atoms with Gasteiger partial charge >= 0.3 is 17.8 Å². The van der Waals surface area contributed by atoms with Crippen LogP contribution in [0.15, 0.2) is 42.6 Å². The maximum Gasteiger partial charge on any atom is 0.337 e. The van der Waals surface area contributed by atoms with E-state index in [0.717, 1.165) is 31.6 Å².